The molecular weight excluding hydrogens is 498 g/mol. The SMILES string of the molecule is NC(N)=NS(=O)(=O)c1ccc(N=Nc2cc(S(=O)(=O)N3CCOCC3)c3cccnc3c2O)cc1. The molecule has 1 aromatic heterocycles. The Morgan fingerprint density at radius 3 is 2.37 bits per heavy atom. The van der Waals surface area contributed by atoms with Crippen LogP contribution in [0.3, 0.4) is 0 Å². The molecule has 1 fully saturated rings. The topological polar surface area (TPSA) is 203 Å². The highest BCUT2D eigenvalue weighted by molar-refractivity contribution is 7.90. The van der Waals surface area contributed by atoms with E-state index in [0.717, 1.165) is 0 Å². The fourth-order valence-electron chi connectivity index (χ4n) is 3.39. The average molecular weight is 520 g/mol. The van der Waals surface area contributed by atoms with Crippen molar-refractivity contribution in [3.63, 3.8) is 0 Å². The van der Waals surface area contributed by atoms with E-state index in [1.54, 1.807) is 12.1 Å². The lowest BCUT2D eigenvalue weighted by molar-refractivity contribution is 0.0730. The molecule has 4 rings (SSSR count). The molecule has 5 N–H and O–H groups in total. The molecule has 2 heterocycles. The maximum atomic E-state index is 13.4. The number of pyridine rings is 1. The lowest BCUT2D eigenvalue weighted by Gasteiger charge is -2.26. The molecule has 1 saturated heterocycles. The van der Waals surface area contributed by atoms with Crippen molar-refractivity contribution < 1.29 is 26.7 Å². The van der Waals surface area contributed by atoms with Crippen LogP contribution in [0.4, 0.5) is 11.4 Å². The minimum Gasteiger partial charge on any atom is -0.504 e. The van der Waals surface area contributed by atoms with Gasteiger partial charge in [0.15, 0.2) is 5.75 Å². The Morgan fingerprint density at radius 2 is 1.71 bits per heavy atom. The van der Waals surface area contributed by atoms with Gasteiger partial charge in [0, 0.05) is 24.7 Å². The first-order valence-electron chi connectivity index (χ1n) is 10.2. The molecule has 2 aromatic carbocycles. The molecule has 13 nitrogen and oxygen atoms in total. The predicted molar refractivity (Wildman–Crippen MR) is 127 cm³/mol. The Balaban J connectivity index is 1.74. The van der Waals surface area contributed by atoms with Crippen molar-refractivity contribution in [1.82, 2.24) is 9.29 Å². The number of ether oxygens (including phenoxy) is 1. The fraction of sp³-hybridized carbons (Fsp3) is 0.200. The minimum atomic E-state index is -4.07. The minimum absolute atomic E-state index is 0.0504. The highest BCUT2D eigenvalue weighted by Crippen LogP contribution is 2.39. The third-order valence-electron chi connectivity index (χ3n) is 5.03. The third-order valence-corrected chi connectivity index (χ3v) is 8.29. The van der Waals surface area contributed by atoms with Crippen LogP contribution in [-0.4, -0.2) is 63.5 Å². The average Bonchev–Trinajstić information content (AvgIpc) is 2.83. The third kappa shape index (κ3) is 5.07. The Labute approximate surface area is 200 Å². The number of azo groups is 1. The summed E-state index contributed by atoms with van der Waals surface area (Å²) in [5.41, 5.74) is 10.4. The molecule has 0 spiro atoms. The number of hydrogen-bond donors (Lipinski definition) is 3. The number of aromatic nitrogens is 1. The van der Waals surface area contributed by atoms with E-state index in [1.807, 2.05) is 0 Å². The van der Waals surface area contributed by atoms with Crippen molar-refractivity contribution in [3.05, 3.63) is 48.7 Å². The number of morpholine rings is 1. The molecule has 0 amide bonds. The lowest BCUT2D eigenvalue weighted by atomic mass is 10.2. The van der Waals surface area contributed by atoms with E-state index in [0.29, 0.717) is 0 Å². The number of sulfonamides is 2. The molecular formula is C20H21N7O6S2. The van der Waals surface area contributed by atoms with E-state index >= 15 is 0 Å². The van der Waals surface area contributed by atoms with Gasteiger partial charge in [0.25, 0.3) is 10.0 Å². The van der Waals surface area contributed by atoms with Crippen LogP contribution in [-0.2, 0) is 24.8 Å². The van der Waals surface area contributed by atoms with E-state index in [-0.39, 0.29) is 64.1 Å². The van der Waals surface area contributed by atoms with Crippen LogP contribution in [0.5, 0.6) is 5.75 Å². The van der Waals surface area contributed by atoms with Gasteiger partial charge in [0.1, 0.15) is 11.2 Å². The van der Waals surface area contributed by atoms with Crippen LogP contribution in [0.2, 0.25) is 0 Å². The van der Waals surface area contributed by atoms with E-state index in [1.165, 1.54) is 40.8 Å². The highest BCUT2D eigenvalue weighted by Gasteiger charge is 2.30. The number of nitrogens with two attached hydrogens (primary N) is 2. The number of guanidine groups is 1. The van der Waals surface area contributed by atoms with Gasteiger partial charge in [-0.3, -0.25) is 4.98 Å². The van der Waals surface area contributed by atoms with E-state index < -0.39 is 26.0 Å². The summed E-state index contributed by atoms with van der Waals surface area (Å²) in [6.07, 6.45) is 1.42. The Bertz CT molecular complexity index is 1530. The zero-order valence-electron chi connectivity index (χ0n) is 18.1. The quantitative estimate of drug-likeness (QED) is 0.244. The van der Waals surface area contributed by atoms with Crippen LogP contribution in [0.25, 0.3) is 10.9 Å². The Hall–Kier alpha value is -3.66. The molecule has 184 valence electrons. The molecule has 3 aromatic rings. The van der Waals surface area contributed by atoms with Gasteiger partial charge in [0.2, 0.25) is 16.0 Å². The number of rotatable bonds is 6. The normalized spacial score (nSPS) is 15.4. The van der Waals surface area contributed by atoms with E-state index in [4.69, 9.17) is 16.2 Å². The van der Waals surface area contributed by atoms with Crippen molar-refractivity contribution in [2.45, 2.75) is 9.79 Å². The molecule has 35 heavy (non-hydrogen) atoms. The number of phenolic OH excluding ortho intramolecular Hbond substituents is 1. The van der Waals surface area contributed by atoms with Crippen LogP contribution >= 0.6 is 0 Å². The van der Waals surface area contributed by atoms with Crippen molar-refractivity contribution in [1.29, 1.82) is 0 Å². The van der Waals surface area contributed by atoms with Gasteiger partial charge >= 0.3 is 0 Å². The van der Waals surface area contributed by atoms with Crippen molar-refractivity contribution >= 4 is 48.3 Å². The van der Waals surface area contributed by atoms with Crippen molar-refractivity contribution in [3.8, 4) is 5.75 Å². The fourth-order valence-corrected chi connectivity index (χ4v) is 5.86. The summed E-state index contributed by atoms with van der Waals surface area (Å²) in [6, 6.07) is 9.50. The Kier molecular flexibility index (Phi) is 6.66. The van der Waals surface area contributed by atoms with Gasteiger partial charge in [-0.25, -0.2) is 8.42 Å². The van der Waals surface area contributed by atoms with E-state index in [9.17, 15) is 21.9 Å². The second-order valence-corrected chi connectivity index (χ2v) is 10.9. The van der Waals surface area contributed by atoms with Gasteiger partial charge in [-0.15, -0.1) is 9.51 Å². The maximum Gasteiger partial charge on any atom is 0.285 e. The molecule has 15 heteroatoms. The maximum absolute atomic E-state index is 13.4. The van der Waals surface area contributed by atoms with E-state index in [2.05, 4.69) is 19.6 Å². The number of benzene rings is 2. The van der Waals surface area contributed by atoms with Gasteiger partial charge in [-0.1, -0.05) is 0 Å². The smallest absolute Gasteiger partial charge is 0.285 e. The molecule has 0 saturated carbocycles. The zero-order valence-corrected chi connectivity index (χ0v) is 19.8. The standard InChI is InChI=1S/C20H21N7O6S2/c21-20(22)26-34(29,30)14-5-3-13(4-6-14)24-25-16-12-17(15-2-1-7-23-18(15)19(16)28)35(31,32)27-8-10-33-11-9-27/h1-7,12,28H,8-11H2,(H4,21,22,26). The second-order valence-electron chi connectivity index (χ2n) is 7.34. The van der Waals surface area contributed by atoms with Crippen molar-refractivity contribution in [2.75, 3.05) is 26.3 Å². The number of fused-ring (bicyclic) bond motifs is 1. The first-order chi connectivity index (χ1) is 16.6. The molecule has 0 atom stereocenters. The lowest BCUT2D eigenvalue weighted by Crippen LogP contribution is -2.40. The van der Waals surface area contributed by atoms with Gasteiger partial charge in [-0.05, 0) is 42.5 Å². The van der Waals surface area contributed by atoms with Gasteiger partial charge in [-0.2, -0.15) is 17.8 Å². The molecule has 0 bridgehead atoms. The molecule has 0 aliphatic carbocycles. The second kappa shape index (κ2) is 9.53. The first-order valence-corrected chi connectivity index (χ1v) is 13.0. The summed E-state index contributed by atoms with van der Waals surface area (Å²) in [7, 11) is -8.01. The molecule has 1 aliphatic heterocycles. The number of nitrogens with zero attached hydrogens (tertiary/aromatic N) is 5. The Morgan fingerprint density at radius 1 is 1.03 bits per heavy atom. The number of aromatic hydroxyl groups is 1. The number of hydrogen-bond acceptors (Lipinski definition) is 9. The molecule has 1 aliphatic rings. The molecule has 0 radical (unpaired) electrons. The largest absolute Gasteiger partial charge is 0.504 e. The summed E-state index contributed by atoms with van der Waals surface area (Å²) in [5, 5.41) is 18.9. The van der Waals surface area contributed by atoms with Crippen LogP contribution in [0, 0.1) is 0 Å². The van der Waals surface area contributed by atoms with Crippen molar-refractivity contribution in [2.24, 2.45) is 26.1 Å². The van der Waals surface area contributed by atoms with Gasteiger partial charge < -0.3 is 21.3 Å². The van der Waals surface area contributed by atoms with Gasteiger partial charge in [0.05, 0.1) is 28.7 Å². The van der Waals surface area contributed by atoms with Crippen LogP contribution < -0.4 is 11.5 Å². The van der Waals surface area contributed by atoms with Crippen LogP contribution in [0.1, 0.15) is 0 Å². The summed E-state index contributed by atoms with van der Waals surface area (Å²) >= 11 is 0. The predicted octanol–water partition coefficient (Wildman–Crippen LogP) is 1.34. The monoisotopic (exact) mass is 519 g/mol. The van der Waals surface area contributed by atoms with Crippen LogP contribution in [0.15, 0.2) is 73.1 Å². The summed E-state index contributed by atoms with van der Waals surface area (Å²) < 4.78 is 60.6. The first kappa shape index (κ1) is 24.5. The summed E-state index contributed by atoms with van der Waals surface area (Å²) in [6.45, 7) is 0.928. The zero-order chi connectivity index (χ0) is 25.2. The summed E-state index contributed by atoms with van der Waals surface area (Å²) in [5.74, 6) is -0.950. The number of phenols is 1. The highest BCUT2D eigenvalue weighted by atomic mass is 32.2. The summed E-state index contributed by atoms with van der Waals surface area (Å²) in [4.78, 5) is 3.88. The molecule has 0 unspecified atom stereocenters.